The van der Waals surface area contributed by atoms with Gasteiger partial charge in [-0.2, -0.15) is 0 Å². The highest BCUT2D eigenvalue weighted by Gasteiger charge is 2.07. The van der Waals surface area contributed by atoms with Gasteiger partial charge in [-0.3, -0.25) is 0 Å². The Morgan fingerprint density at radius 1 is 1.60 bits per heavy atom. The molecule has 0 aliphatic rings. The standard InChI is InChI=1S/C13H21NS/c1-3-5-6-8-12(14-4-2)11-13-9-7-10-15-13/h3,7,9-10,12,14H,1,4-6,8,11H2,2H3. The maximum absolute atomic E-state index is 3.76. The van der Waals surface area contributed by atoms with Crippen LogP contribution in [0, 0.1) is 0 Å². The van der Waals surface area contributed by atoms with Gasteiger partial charge in [0.2, 0.25) is 0 Å². The first kappa shape index (κ1) is 12.5. The van der Waals surface area contributed by atoms with Crippen molar-refractivity contribution >= 4 is 11.3 Å². The predicted molar refractivity (Wildman–Crippen MR) is 69.5 cm³/mol. The van der Waals surface area contributed by atoms with Crippen molar-refractivity contribution in [3.63, 3.8) is 0 Å². The first-order valence-electron chi connectivity index (χ1n) is 5.73. The van der Waals surface area contributed by atoms with E-state index in [0.717, 1.165) is 13.0 Å². The third-order valence-corrected chi connectivity index (χ3v) is 3.38. The van der Waals surface area contributed by atoms with Crippen molar-refractivity contribution in [1.82, 2.24) is 5.32 Å². The highest BCUT2D eigenvalue weighted by Crippen LogP contribution is 2.14. The maximum Gasteiger partial charge on any atom is 0.0115 e. The summed E-state index contributed by atoms with van der Waals surface area (Å²) in [5.74, 6) is 0. The molecule has 84 valence electrons. The molecule has 1 unspecified atom stereocenters. The number of thiophene rings is 1. The Hall–Kier alpha value is -0.600. The van der Waals surface area contributed by atoms with Gasteiger partial charge in [0.1, 0.15) is 0 Å². The van der Waals surface area contributed by atoms with E-state index in [-0.39, 0.29) is 0 Å². The monoisotopic (exact) mass is 223 g/mol. The Balaban J connectivity index is 2.32. The van der Waals surface area contributed by atoms with Crippen LogP contribution >= 0.6 is 11.3 Å². The highest BCUT2D eigenvalue weighted by atomic mass is 32.1. The van der Waals surface area contributed by atoms with Gasteiger partial charge in [0.25, 0.3) is 0 Å². The Labute approximate surface area is 97.2 Å². The van der Waals surface area contributed by atoms with Crippen molar-refractivity contribution in [3.05, 3.63) is 35.0 Å². The van der Waals surface area contributed by atoms with Crippen LogP contribution in [0.25, 0.3) is 0 Å². The molecule has 1 heterocycles. The minimum absolute atomic E-state index is 0.633. The normalized spacial score (nSPS) is 12.6. The molecule has 0 amide bonds. The second-order valence-corrected chi connectivity index (χ2v) is 4.79. The average Bonchev–Trinajstić information content (AvgIpc) is 2.71. The first-order chi connectivity index (χ1) is 7.36. The molecule has 2 heteroatoms. The minimum Gasteiger partial charge on any atom is -0.314 e. The fraction of sp³-hybridized carbons (Fsp3) is 0.538. The second-order valence-electron chi connectivity index (χ2n) is 3.76. The summed E-state index contributed by atoms with van der Waals surface area (Å²) in [7, 11) is 0. The quantitative estimate of drug-likeness (QED) is 0.524. The molecule has 0 fully saturated rings. The molecule has 0 aliphatic heterocycles. The summed E-state index contributed by atoms with van der Waals surface area (Å²) in [6.07, 6.45) is 6.80. The second kappa shape index (κ2) is 7.66. The topological polar surface area (TPSA) is 12.0 Å². The Morgan fingerprint density at radius 2 is 2.47 bits per heavy atom. The molecule has 0 saturated carbocycles. The van der Waals surface area contributed by atoms with Crippen LogP contribution in [0.15, 0.2) is 30.2 Å². The summed E-state index contributed by atoms with van der Waals surface area (Å²) < 4.78 is 0. The number of allylic oxidation sites excluding steroid dienone is 1. The summed E-state index contributed by atoms with van der Waals surface area (Å²) in [4.78, 5) is 1.49. The lowest BCUT2D eigenvalue weighted by Gasteiger charge is -2.16. The van der Waals surface area contributed by atoms with Crippen molar-refractivity contribution < 1.29 is 0 Å². The van der Waals surface area contributed by atoms with E-state index in [1.54, 1.807) is 0 Å². The zero-order chi connectivity index (χ0) is 10.9. The van der Waals surface area contributed by atoms with E-state index in [2.05, 4.69) is 36.3 Å². The Morgan fingerprint density at radius 3 is 3.07 bits per heavy atom. The molecule has 0 saturated heterocycles. The van der Waals surface area contributed by atoms with Crippen LogP contribution in [0.1, 0.15) is 31.1 Å². The van der Waals surface area contributed by atoms with Crippen LogP contribution in [0.5, 0.6) is 0 Å². The zero-order valence-electron chi connectivity index (χ0n) is 9.54. The van der Waals surface area contributed by atoms with E-state index < -0.39 is 0 Å². The van der Waals surface area contributed by atoms with Gasteiger partial charge in [0.05, 0.1) is 0 Å². The van der Waals surface area contributed by atoms with Crippen molar-refractivity contribution in [2.45, 2.75) is 38.6 Å². The van der Waals surface area contributed by atoms with E-state index in [0.29, 0.717) is 6.04 Å². The van der Waals surface area contributed by atoms with Gasteiger partial charge in [-0.25, -0.2) is 0 Å². The van der Waals surface area contributed by atoms with E-state index >= 15 is 0 Å². The summed E-state index contributed by atoms with van der Waals surface area (Å²) in [6.45, 7) is 7.00. The molecule has 0 spiro atoms. The molecule has 15 heavy (non-hydrogen) atoms. The summed E-state index contributed by atoms with van der Waals surface area (Å²) in [6, 6.07) is 4.99. The SMILES string of the molecule is C=CCCCC(Cc1cccs1)NCC. The lowest BCUT2D eigenvalue weighted by Crippen LogP contribution is -2.30. The van der Waals surface area contributed by atoms with Gasteiger partial charge in [-0.15, -0.1) is 17.9 Å². The number of hydrogen-bond acceptors (Lipinski definition) is 2. The number of nitrogens with one attached hydrogen (secondary N) is 1. The smallest absolute Gasteiger partial charge is 0.0115 e. The fourth-order valence-corrected chi connectivity index (χ4v) is 2.53. The predicted octanol–water partition coefficient (Wildman–Crippen LogP) is 3.63. The molecule has 0 aromatic carbocycles. The van der Waals surface area contributed by atoms with Crippen molar-refractivity contribution in [2.24, 2.45) is 0 Å². The molecule has 0 aliphatic carbocycles. The number of likely N-dealkylation sites (N-methyl/N-ethyl adjacent to an activating group) is 1. The summed E-state index contributed by atoms with van der Waals surface area (Å²) >= 11 is 1.86. The van der Waals surface area contributed by atoms with Crippen molar-refractivity contribution in [2.75, 3.05) is 6.54 Å². The average molecular weight is 223 g/mol. The number of rotatable bonds is 8. The van der Waals surface area contributed by atoms with Gasteiger partial charge < -0.3 is 5.32 Å². The Kier molecular flexibility index (Phi) is 6.37. The molecule has 0 radical (unpaired) electrons. The maximum atomic E-state index is 3.76. The minimum atomic E-state index is 0.633. The van der Waals surface area contributed by atoms with Crippen LogP contribution in [-0.4, -0.2) is 12.6 Å². The molecule has 1 aromatic heterocycles. The van der Waals surface area contributed by atoms with Gasteiger partial charge in [0.15, 0.2) is 0 Å². The zero-order valence-corrected chi connectivity index (χ0v) is 10.4. The first-order valence-corrected chi connectivity index (χ1v) is 6.61. The third-order valence-electron chi connectivity index (χ3n) is 2.48. The van der Waals surface area contributed by atoms with E-state index in [9.17, 15) is 0 Å². The van der Waals surface area contributed by atoms with E-state index in [1.165, 1.54) is 24.1 Å². The van der Waals surface area contributed by atoms with Crippen LogP contribution < -0.4 is 5.32 Å². The highest BCUT2D eigenvalue weighted by molar-refractivity contribution is 7.09. The summed E-state index contributed by atoms with van der Waals surface area (Å²) in [5.41, 5.74) is 0. The molecule has 1 atom stereocenters. The lowest BCUT2D eigenvalue weighted by molar-refractivity contribution is 0.480. The van der Waals surface area contributed by atoms with Crippen LogP contribution in [0.2, 0.25) is 0 Å². The largest absolute Gasteiger partial charge is 0.314 e. The molecule has 1 nitrogen and oxygen atoms in total. The van der Waals surface area contributed by atoms with Crippen LogP contribution in [0.4, 0.5) is 0 Å². The molecule has 1 rings (SSSR count). The number of unbranched alkanes of at least 4 members (excludes halogenated alkanes) is 1. The summed E-state index contributed by atoms with van der Waals surface area (Å²) in [5, 5.41) is 5.71. The lowest BCUT2D eigenvalue weighted by atomic mass is 10.1. The van der Waals surface area contributed by atoms with Crippen LogP contribution in [-0.2, 0) is 6.42 Å². The molecule has 1 aromatic rings. The molecular weight excluding hydrogens is 202 g/mol. The van der Waals surface area contributed by atoms with Crippen molar-refractivity contribution in [1.29, 1.82) is 0 Å². The molecule has 1 N–H and O–H groups in total. The molecular formula is C13H21NS. The van der Waals surface area contributed by atoms with Gasteiger partial charge in [-0.05, 0) is 43.7 Å². The van der Waals surface area contributed by atoms with Crippen LogP contribution in [0.3, 0.4) is 0 Å². The van der Waals surface area contributed by atoms with Gasteiger partial charge in [-0.1, -0.05) is 19.1 Å². The molecule has 0 bridgehead atoms. The van der Waals surface area contributed by atoms with Gasteiger partial charge in [0, 0.05) is 10.9 Å². The number of hydrogen-bond donors (Lipinski definition) is 1. The Bertz CT molecular complexity index is 254. The van der Waals surface area contributed by atoms with E-state index in [4.69, 9.17) is 0 Å². The fourth-order valence-electron chi connectivity index (χ4n) is 1.75. The van der Waals surface area contributed by atoms with Crippen molar-refractivity contribution in [3.8, 4) is 0 Å². The van der Waals surface area contributed by atoms with E-state index in [1.807, 2.05) is 17.4 Å². The van der Waals surface area contributed by atoms with Gasteiger partial charge >= 0.3 is 0 Å². The third kappa shape index (κ3) is 5.14.